The molecule has 0 spiro atoms. The van der Waals surface area contributed by atoms with Crippen molar-refractivity contribution in [2.24, 2.45) is 0 Å². The van der Waals surface area contributed by atoms with Gasteiger partial charge in [0.25, 0.3) is 0 Å². The van der Waals surface area contributed by atoms with Crippen molar-refractivity contribution in [2.75, 3.05) is 28.4 Å². The third-order valence-electron chi connectivity index (χ3n) is 3.37. The molecular weight excluding hydrogens is 182 g/mol. The van der Waals surface area contributed by atoms with Crippen molar-refractivity contribution in [1.29, 1.82) is 0 Å². The van der Waals surface area contributed by atoms with Gasteiger partial charge in [0.15, 0.2) is 18.7 Å². The van der Waals surface area contributed by atoms with Crippen molar-refractivity contribution in [1.82, 2.24) is 0 Å². The molecule has 3 unspecified atom stereocenters. The van der Waals surface area contributed by atoms with Gasteiger partial charge in [-0.3, -0.25) is 4.48 Å². The van der Waals surface area contributed by atoms with E-state index in [-0.39, 0.29) is 18.7 Å². The molecule has 0 heterocycles. The number of nitrogens with zero attached hydrogens (tertiary/aromatic N) is 1. The summed E-state index contributed by atoms with van der Waals surface area (Å²) in [7, 11) is 7.17. The quantitative estimate of drug-likeness (QED) is 0.486. The van der Waals surface area contributed by atoms with Gasteiger partial charge in [-0.05, 0) is 0 Å². The minimum absolute atomic E-state index is 0.0277. The van der Waals surface area contributed by atoms with E-state index in [1.54, 1.807) is 21.3 Å². The van der Waals surface area contributed by atoms with Gasteiger partial charge in [0.1, 0.15) is 0 Å². The van der Waals surface area contributed by atoms with Crippen molar-refractivity contribution in [3.63, 3.8) is 0 Å². The smallest absolute Gasteiger partial charge is 0.193 e. The second-order valence-corrected chi connectivity index (χ2v) is 3.73. The summed E-state index contributed by atoms with van der Waals surface area (Å²) in [4.78, 5) is 0. The first-order chi connectivity index (χ1) is 6.44. The zero-order valence-electron chi connectivity index (χ0n) is 10.4. The molecule has 0 N–H and O–H groups in total. The predicted octanol–water partition coefficient (Wildman–Crippen LogP) is 1.41. The van der Waals surface area contributed by atoms with Crippen LogP contribution in [0.4, 0.5) is 0 Å². The fraction of sp³-hybridized carbons (Fsp3) is 1.00. The molecular formula is C10H24NO3+. The van der Waals surface area contributed by atoms with Gasteiger partial charge in [-0.25, -0.2) is 0 Å². The molecule has 0 amide bonds. The van der Waals surface area contributed by atoms with Gasteiger partial charge in [-0.2, -0.15) is 0 Å². The van der Waals surface area contributed by atoms with Gasteiger partial charge >= 0.3 is 0 Å². The van der Waals surface area contributed by atoms with Crippen LogP contribution >= 0.6 is 0 Å². The summed E-state index contributed by atoms with van der Waals surface area (Å²) in [6.45, 7) is 6.06. The minimum atomic E-state index is 0.0277. The van der Waals surface area contributed by atoms with Crippen molar-refractivity contribution < 1.29 is 18.7 Å². The molecule has 0 aliphatic heterocycles. The standard InChI is InChI=1S/C10H24NO3/c1-8(12-5)11(4,9(2)13-6)10(3)14-7/h8-10H,1-7H3/q+1. The molecule has 86 valence electrons. The fourth-order valence-corrected chi connectivity index (χ4v) is 1.57. The molecule has 0 aromatic heterocycles. The number of ether oxygens (including phenoxy) is 3. The van der Waals surface area contributed by atoms with Crippen molar-refractivity contribution in [3.05, 3.63) is 0 Å². The lowest BCUT2D eigenvalue weighted by Gasteiger charge is -2.45. The summed E-state index contributed by atoms with van der Waals surface area (Å²) < 4.78 is 16.7. The Labute approximate surface area is 87.3 Å². The molecule has 0 aliphatic rings. The largest absolute Gasteiger partial charge is 0.333 e. The number of rotatable bonds is 6. The van der Waals surface area contributed by atoms with Gasteiger partial charge in [-0.1, -0.05) is 0 Å². The summed E-state index contributed by atoms with van der Waals surface area (Å²) >= 11 is 0. The van der Waals surface area contributed by atoms with Gasteiger partial charge in [0, 0.05) is 42.1 Å². The van der Waals surface area contributed by atoms with Gasteiger partial charge in [0.2, 0.25) is 0 Å². The third-order valence-corrected chi connectivity index (χ3v) is 3.37. The Morgan fingerprint density at radius 1 is 0.714 bits per heavy atom. The second kappa shape index (κ2) is 5.66. The van der Waals surface area contributed by atoms with Gasteiger partial charge in [0.05, 0.1) is 7.05 Å². The zero-order chi connectivity index (χ0) is 11.4. The summed E-state index contributed by atoms with van der Waals surface area (Å²) in [5.41, 5.74) is 0. The lowest BCUT2D eigenvalue weighted by atomic mass is 10.3. The summed E-state index contributed by atoms with van der Waals surface area (Å²) in [5, 5.41) is 0. The predicted molar refractivity (Wildman–Crippen MR) is 55.6 cm³/mol. The van der Waals surface area contributed by atoms with E-state index >= 15 is 0 Å². The molecule has 0 aromatic rings. The molecule has 14 heavy (non-hydrogen) atoms. The maximum atomic E-state index is 5.37. The second-order valence-electron chi connectivity index (χ2n) is 3.73. The van der Waals surface area contributed by atoms with Crippen LogP contribution in [0.5, 0.6) is 0 Å². The fourth-order valence-electron chi connectivity index (χ4n) is 1.57. The van der Waals surface area contributed by atoms with Gasteiger partial charge < -0.3 is 14.2 Å². The van der Waals surface area contributed by atoms with E-state index in [1.165, 1.54) is 0 Å². The molecule has 4 heteroatoms. The average Bonchev–Trinajstić information content (AvgIpc) is 2.24. The topological polar surface area (TPSA) is 27.7 Å². The average molecular weight is 206 g/mol. The Morgan fingerprint density at radius 2 is 0.929 bits per heavy atom. The third kappa shape index (κ3) is 2.45. The van der Waals surface area contributed by atoms with Crippen LogP contribution in [0, 0.1) is 0 Å². The molecule has 3 atom stereocenters. The Bertz CT molecular complexity index is 137. The first kappa shape index (κ1) is 13.8. The minimum Gasteiger partial charge on any atom is -0.333 e. The van der Waals surface area contributed by atoms with Crippen LogP contribution in [0.1, 0.15) is 20.8 Å². The van der Waals surface area contributed by atoms with Crippen molar-refractivity contribution in [3.8, 4) is 0 Å². The molecule has 0 saturated heterocycles. The van der Waals surface area contributed by atoms with E-state index < -0.39 is 0 Å². The highest BCUT2D eigenvalue weighted by molar-refractivity contribution is 4.45. The SMILES string of the molecule is COC(C)[N+](C)(C(C)OC)C(C)OC. The molecule has 0 aliphatic carbocycles. The number of hydrogen-bond donors (Lipinski definition) is 0. The normalized spacial score (nSPS) is 22.5. The van der Waals surface area contributed by atoms with Crippen LogP contribution in [0.15, 0.2) is 0 Å². The highest BCUT2D eigenvalue weighted by Crippen LogP contribution is 2.22. The Balaban J connectivity index is 4.83. The Morgan fingerprint density at radius 3 is 1.07 bits per heavy atom. The molecule has 0 rings (SSSR count). The molecule has 4 nitrogen and oxygen atoms in total. The van der Waals surface area contributed by atoms with Crippen molar-refractivity contribution in [2.45, 2.75) is 39.5 Å². The maximum Gasteiger partial charge on any atom is 0.193 e. The highest BCUT2D eigenvalue weighted by Gasteiger charge is 2.40. The van der Waals surface area contributed by atoms with E-state index in [2.05, 4.69) is 7.05 Å². The van der Waals surface area contributed by atoms with Crippen molar-refractivity contribution >= 4 is 0 Å². The lowest BCUT2D eigenvalue weighted by Crippen LogP contribution is -2.63. The van der Waals surface area contributed by atoms with E-state index in [1.807, 2.05) is 20.8 Å². The Hall–Kier alpha value is -0.160. The maximum absolute atomic E-state index is 5.37. The Kier molecular flexibility index (Phi) is 5.59. The molecule has 0 saturated carbocycles. The van der Waals surface area contributed by atoms with Crippen LogP contribution in [-0.4, -0.2) is 51.5 Å². The number of quaternary nitrogens is 1. The first-order valence-electron chi connectivity index (χ1n) is 4.89. The summed E-state index contributed by atoms with van der Waals surface area (Å²) in [6, 6.07) is 0. The van der Waals surface area contributed by atoms with Crippen LogP contribution in [0.25, 0.3) is 0 Å². The molecule has 0 fully saturated rings. The van der Waals surface area contributed by atoms with Gasteiger partial charge in [-0.15, -0.1) is 0 Å². The monoisotopic (exact) mass is 206 g/mol. The van der Waals surface area contributed by atoms with E-state index in [0.717, 1.165) is 0 Å². The number of methoxy groups -OCH3 is 3. The van der Waals surface area contributed by atoms with Crippen LogP contribution in [-0.2, 0) is 14.2 Å². The first-order valence-corrected chi connectivity index (χ1v) is 4.89. The van der Waals surface area contributed by atoms with E-state index in [4.69, 9.17) is 14.2 Å². The lowest BCUT2D eigenvalue weighted by molar-refractivity contribution is -1.03. The molecule has 0 aromatic carbocycles. The highest BCUT2D eigenvalue weighted by atomic mass is 16.6. The van der Waals surface area contributed by atoms with Crippen LogP contribution in [0.3, 0.4) is 0 Å². The zero-order valence-corrected chi connectivity index (χ0v) is 10.4. The number of hydrogen-bond acceptors (Lipinski definition) is 3. The van der Waals surface area contributed by atoms with Crippen LogP contribution < -0.4 is 0 Å². The summed E-state index contributed by atoms with van der Waals surface area (Å²) in [6.07, 6.45) is 0.0831. The van der Waals surface area contributed by atoms with E-state index in [9.17, 15) is 0 Å². The van der Waals surface area contributed by atoms with Crippen LogP contribution in [0.2, 0.25) is 0 Å². The molecule has 0 radical (unpaired) electrons. The molecule has 0 bridgehead atoms. The summed E-state index contributed by atoms with van der Waals surface area (Å²) in [5.74, 6) is 0. The van der Waals surface area contributed by atoms with E-state index in [0.29, 0.717) is 4.48 Å².